The number of para-hydroxylation sites is 1. The van der Waals surface area contributed by atoms with Gasteiger partial charge in [0.2, 0.25) is 0 Å². The number of hydrogen-bond donors (Lipinski definition) is 0. The van der Waals surface area contributed by atoms with Crippen LogP contribution in [0.2, 0.25) is 0 Å². The molecule has 108 valence electrons. The normalized spacial score (nSPS) is 11.6. The van der Waals surface area contributed by atoms with E-state index in [0.717, 1.165) is 22.8 Å². The van der Waals surface area contributed by atoms with Crippen molar-refractivity contribution in [2.75, 3.05) is 0 Å². The average Bonchev–Trinajstić information content (AvgIpc) is 2.92. The molecule has 0 aliphatic carbocycles. The molecule has 1 aromatic heterocycles. The Hall–Kier alpha value is -2.94. The first kappa shape index (κ1) is 14.0. The van der Waals surface area contributed by atoms with Gasteiger partial charge in [-0.3, -0.25) is 9.59 Å². The lowest BCUT2D eigenvalue weighted by atomic mass is 10.1. The van der Waals surface area contributed by atoms with Gasteiger partial charge < -0.3 is 4.57 Å². The molecule has 0 unspecified atom stereocenters. The number of fused-ring (bicyclic) bond motifs is 1. The molecule has 1 heterocycles. The first-order valence-electron chi connectivity index (χ1n) is 7.04. The predicted molar refractivity (Wildman–Crippen MR) is 88.6 cm³/mol. The average molecular weight is 289 g/mol. The van der Waals surface area contributed by atoms with Crippen LogP contribution in [-0.2, 0) is 4.79 Å². The minimum absolute atomic E-state index is 0.0537. The number of allylic oxidation sites excluding steroid dienone is 1. The summed E-state index contributed by atoms with van der Waals surface area (Å²) in [5.41, 5.74) is 2.91. The molecule has 0 aliphatic heterocycles. The van der Waals surface area contributed by atoms with Crippen LogP contribution in [0.3, 0.4) is 0 Å². The topological polar surface area (TPSA) is 39.1 Å². The van der Waals surface area contributed by atoms with E-state index in [1.165, 1.54) is 6.92 Å². The maximum atomic E-state index is 12.1. The van der Waals surface area contributed by atoms with Crippen LogP contribution in [0.5, 0.6) is 0 Å². The molecule has 0 spiro atoms. The summed E-state index contributed by atoms with van der Waals surface area (Å²) in [5.74, 6) is -0.0537. The second-order valence-corrected chi connectivity index (χ2v) is 5.09. The number of aldehydes is 1. The van der Waals surface area contributed by atoms with Crippen molar-refractivity contribution in [3.05, 3.63) is 71.9 Å². The highest BCUT2D eigenvalue weighted by atomic mass is 16.1. The third-order valence-corrected chi connectivity index (χ3v) is 3.59. The minimum Gasteiger partial charge on any atom is -0.313 e. The highest BCUT2D eigenvalue weighted by Crippen LogP contribution is 2.25. The molecule has 3 heteroatoms. The van der Waals surface area contributed by atoms with E-state index in [2.05, 4.69) is 0 Å². The molecule has 0 radical (unpaired) electrons. The fourth-order valence-electron chi connectivity index (χ4n) is 2.55. The molecular weight excluding hydrogens is 274 g/mol. The lowest BCUT2D eigenvalue weighted by molar-refractivity contribution is -0.112. The fraction of sp³-hybridized carbons (Fsp3) is 0.0526. The van der Waals surface area contributed by atoms with Gasteiger partial charge >= 0.3 is 0 Å². The van der Waals surface area contributed by atoms with Crippen molar-refractivity contribution in [2.45, 2.75) is 6.92 Å². The summed E-state index contributed by atoms with van der Waals surface area (Å²) in [6.07, 6.45) is 4.37. The Bertz CT molecular complexity index is 873. The summed E-state index contributed by atoms with van der Waals surface area (Å²) < 4.78 is 1.79. The van der Waals surface area contributed by atoms with Gasteiger partial charge in [0.15, 0.2) is 12.1 Å². The third-order valence-electron chi connectivity index (χ3n) is 3.59. The van der Waals surface area contributed by atoms with E-state index in [-0.39, 0.29) is 5.78 Å². The van der Waals surface area contributed by atoms with Crippen molar-refractivity contribution in [1.82, 2.24) is 4.57 Å². The third kappa shape index (κ3) is 2.49. The van der Waals surface area contributed by atoms with E-state index in [1.807, 2.05) is 60.7 Å². The Labute approximate surface area is 128 Å². The molecule has 0 saturated carbocycles. The Morgan fingerprint density at radius 2 is 1.68 bits per heavy atom. The van der Waals surface area contributed by atoms with Gasteiger partial charge in [-0.2, -0.15) is 0 Å². The van der Waals surface area contributed by atoms with Gasteiger partial charge in [-0.25, -0.2) is 0 Å². The van der Waals surface area contributed by atoms with Crippen LogP contribution in [0.15, 0.2) is 60.8 Å². The summed E-state index contributed by atoms with van der Waals surface area (Å²) in [5, 5.41) is 0.845. The van der Waals surface area contributed by atoms with Crippen molar-refractivity contribution in [2.24, 2.45) is 0 Å². The van der Waals surface area contributed by atoms with Crippen molar-refractivity contribution in [3.8, 4) is 0 Å². The molecule has 2 aromatic carbocycles. The summed E-state index contributed by atoms with van der Waals surface area (Å²) in [4.78, 5) is 23.4. The summed E-state index contributed by atoms with van der Waals surface area (Å²) in [7, 11) is 0. The molecule has 0 N–H and O–H groups in total. The zero-order valence-corrected chi connectivity index (χ0v) is 12.2. The van der Waals surface area contributed by atoms with Crippen LogP contribution in [-0.4, -0.2) is 16.6 Å². The molecule has 0 atom stereocenters. The lowest BCUT2D eigenvalue weighted by Gasteiger charge is -2.08. The van der Waals surface area contributed by atoms with Crippen molar-refractivity contribution in [3.63, 3.8) is 0 Å². The second-order valence-electron chi connectivity index (χ2n) is 5.09. The molecule has 0 bridgehead atoms. The molecule has 3 aromatic rings. The number of Topliss-reactive ketones (excluding diaryl/α,β-unsaturated/α-hetero) is 1. The van der Waals surface area contributed by atoms with Crippen molar-refractivity contribution < 1.29 is 9.59 Å². The van der Waals surface area contributed by atoms with Crippen LogP contribution >= 0.6 is 0 Å². The molecule has 3 rings (SSSR count). The number of nitrogens with zero attached hydrogens (tertiary/aromatic N) is 1. The van der Waals surface area contributed by atoms with E-state index in [1.54, 1.807) is 10.8 Å². The van der Waals surface area contributed by atoms with Crippen LogP contribution in [0.25, 0.3) is 22.7 Å². The Balaban J connectivity index is 2.24. The SMILES string of the molecule is CC(=O)/C(=C/c1ccccc1)n1cc(C=O)c2ccccc21. The Kier molecular flexibility index (Phi) is 3.71. The Morgan fingerprint density at radius 3 is 2.36 bits per heavy atom. The number of rotatable bonds is 4. The molecular formula is C19H15NO2. The minimum atomic E-state index is -0.0537. The molecule has 0 aliphatic rings. The predicted octanol–water partition coefficient (Wildman–Crippen LogP) is 4.04. The highest BCUT2D eigenvalue weighted by Gasteiger charge is 2.13. The number of hydrogen-bond acceptors (Lipinski definition) is 2. The van der Waals surface area contributed by atoms with Crippen LogP contribution in [0, 0.1) is 0 Å². The number of benzene rings is 2. The fourth-order valence-corrected chi connectivity index (χ4v) is 2.55. The molecule has 0 saturated heterocycles. The first-order chi connectivity index (χ1) is 10.7. The maximum absolute atomic E-state index is 12.1. The number of carbonyl (C=O) groups excluding carboxylic acids is 2. The second kappa shape index (κ2) is 5.82. The summed E-state index contributed by atoms with van der Waals surface area (Å²) >= 11 is 0. The molecule has 3 nitrogen and oxygen atoms in total. The van der Waals surface area contributed by atoms with Gasteiger partial charge in [-0.05, 0) is 17.7 Å². The lowest BCUT2D eigenvalue weighted by Crippen LogP contribution is -2.04. The number of aromatic nitrogens is 1. The standard InChI is InChI=1S/C19H15NO2/c1-14(22)19(11-15-7-3-2-4-8-15)20-12-16(13-21)17-9-5-6-10-18(17)20/h2-13H,1H3/b19-11-. The molecule has 0 fully saturated rings. The monoisotopic (exact) mass is 289 g/mol. The van der Waals surface area contributed by atoms with E-state index in [4.69, 9.17) is 0 Å². The van der Waals surface area contributed by atoms with Crippen LogP contribution in [0.1, 0.15) is 22.8 Å². The van der Waals surface area contributed by atoms with Gasteiger partial charge in [0.1, 0.15) is 0 Å². The number of ketones is 1. The quantitative estimate of drug-likeness (QED) is 0.537. The Morgan fingerprint density at radius 1 is 1.00 bits per heavy atom. The van der Waals surface area contributed by atoms with Gasteiger partial charge in [0.25, 0.3) is 0 Å². The van der Waals surface area contributed by atoms with Crippen molar-refractivity contribution in [1.29, 1.82) is 0 Å². The maximum Gasteiger partial charge on any atom is 0.176 e. The molecule has 0 amide bonds. The van der Waals surface area contributed by atoms with Gasteiger partial charge in [-0.15, -0.1) is 0 Å². The smallest absolute Gasteiger partial charge is 0.176 e. The van der Waals surface area contributed by atoms with E-state index in [0.29, 0.717) is 11.3 Å². The van der Waals surface area contributed by atoms with Gasteiger partial charge in [-0.1, -0.05) is 48.5 Å². The zero-order valence-electron chi connectivity index (χ0n) is 12.2. The summed E-state index contributed by atoms with van der Waals surface area (Å²) in [6.45, 7) is 1.53. The zero-order chi connectivity index (χ0) is 15.5. The van der Waals surface area contributed by atoms with Crippen LogP contribution in [0.4, 0.5) is 0 Å². The van der Waals surface area contributed by atoms with Gasteiger partial charge in [0, 0.05) is 24.1 Å². The number of carbonyl (C=O) groups is 2. The van der Waals surface area contributed by atoms with Crippen molar-refractivity contribution >= 4 is 34.7 Å². The van der Waals surface area contributed by atoms with Crippen LogP contribution < -0.4 is 0 Å². The highest BCUT2D eigenvalue weighted by molar-refractivity contribution is 6.20. The largest absolute Gasteiger partial charge is 0.313 e. The first-order valence-corrected chi connectivity index (χ1v) is 7.04. The van der Waals surface area contributed by atoms with E-state index >= 15 is 0 Å². The molecule has 22 heavy (non-hydrogen) atoms. The van der Waals surface area contributed by atoms with E-state index in [9.17, 15) is 9.59 Å². The summed E-state index contributed by atoms with van der Waals surface area (Å²) in [6, 6.07) is 17.2. The van der Waals surface area contributed by atoms with Gasteiger partial charge in [0.05, 0.1) is 11.2 Å². The van der Waals surface area contributed by atoms with E-state index < -0.39 is 0 Å².